The number of H-pyrrole nitrogens is 2. The third-order valence-electron chi connectivity index (χ3n) is 16.2. The summed E-state index contributed by atoms with van der Waals surface area (Å²) in [6.45, 7) is 18.8. The maximum atomic E-state index is 13.6. The number of esters is 1. The number of carbonyl (C=O) groups excluding carboxylic acids is 3. The van der Waals surface area contributed by atoms with E-state index in [2.05, 4.69) is 150 Å². The Morgan fingerprint density at radius 3 is 2.06 bits per heavy atom. The minimum Gasteiger partial charge on any atom is -0.493 e. The fourth-order valence-corrected chi connectivity index (χ4v) is 11.8. The van der Waals surface area contributed by atoms with Gasteiger partial charge in [0.05, 0.1) is 52.7 Å². The zero-order valence-corrected chi connectivity index (χ0v) is 47.2. The molecule has 9 aromatic rings. The highest BCUT2D eigenvalue weighted by Gasteiger charge is 2.52. The number of aryl methyl sites for hydroxylation is 1. The molecule has 1 fully saturated rings. The number of rotatable bonds is 15. The van der Waals surface area contributed by atoms with Crippen LogP contribution in [0.4, 0.5) is 5.69 Å². The molecule has 3 aliphatic rings. The van der Waals surface area contributed by atoms with Gasteiger partial charge in [0.15, 0.2) is 5.60 Å². The van der Waals surface area contributed by atoms with Crippen molar-refractivity contribution in [2.75, 3.05) is 51.3 Å². The molecule has 0 radical (unpaired) electrons. The Morgan fingerprint density at radius 2 is 1.37 bits per heavy atom. The zero-order chi connectivity index (χ0) is 56.2. The lowest BCUT2D eigenvalue weighted by atomic mass is 9.71. The number of fused-ring (bicyclic) bond motifs is 8. The fourth-order valence-electron chi connectivity index (χ4n) is 11.8. The average molecular weight is 1080 g/mol. The number of piperazine rings is 1. The van der Waals surface area contributed by atoms with Gasteiger partial charge < -0.3 is 39.9 Å². The molecular formula is C65H69N11O5. The number of amides is 2. The lowest BCUT2D eigenvalue weighted by Crippen LogP contribution is -2.44. The maximum absolute atomic E-state index is 13.6. The van der Waals surface area contributed by atoms with Crippen LogP contribution in [0.1, 0.15) is 126 Å². The first-order chi connectivity index (χ1) is 39.0. The number of likely N-dealkylation sites (N-methyl/N-ethyl adjacent to an activating group) is 1. The van der Waals surface area contributed by atoms with Gasteiger partial charge in [-0.3, -0.25) is 9.59 Å². The van der Waals surface area contributed by atoms with Gasteiger partial charge in [0.25, 0.3) is 5.91 Å². The van der Waals surface area contributed by atoms with E-state index in [1.54, 1.807) is 23.0 Å². The summed E-state index contributed by atoms with van der Waals surface area (Å²) in [6, 6.07) is 38.5. The number of carbonyl (C=O) groups is 3. The average Bonchev–Trinajstić information content (AvgIpc) is 4.45. The summed E-state index contributed by atoms with van der Waals surface area (Å²) in [6.07, 6.45) is 3.81. The van der Waals surface area contributed by atoms with Crippen LogP contribution in [0.25, 0.3) is 44.8 Å². The number of aromatic amines is 2. The summed E-state index contributed by atoms with van der Waals surface area (Å²) >= 11 is 0. The van der Waals surface area contributed by atoms with Crippen molar-refractivity contribution in [3.63, 3.8) is 0 Å². The van der Waals surface area contributed by atoms with E-state index in [0.717, 1.165) is 122 Å². The van der Waals surface area contributed by atoms with Crippen molar-refractivity contribution in [1.82, 2.24) is 50.5 Å². The van der Waals surface area contributed by atoms with Crippen LogP contribution in [-0.2, 0) is 45.5 Å². The first-order valence-corrected chi connectivity index (χ1v) is 28.2. The van der Waals surface area contributed by atoms with E-state index >= 15 is 0 Å². The highest BCUT2D eigenvalue weighted by molar-refractivity contribution is 6.01. The summed E-state index contributed by atoms with van der Waals surface area (Å²) in [4.78, 5) is 62.4. The van der Waals surface area contributed by atoms with Gasteiger partial charge >= 0.3 is 5.97 Å². The van der Waals surface area contributed by atoms with Crippen molar-refractivity contribution < 1.29 is 23.9 Å². The highest BCUT2D eigenvalue weighted by Crippen LogP contribution is 2.52. The SMILES string of the molecule is CN1CCN(c2ccc3nc(-c4ccc5nc(-c6cc(C(C)(C)C)c(OCCCC(=O)NCCCn7nncc7CNC(=O)c7ccc8c(c7)C(=O)OC87c8ccccc8Cc8ccccc87)c(C(C)(C)C)c6)[nH]c5c4)[nH]c3c2)CC1. The molecule has 0 saturated carbocycles. The van der Waals surface area contributed by atoms with Crippen LogP contribution in [0, 0.1) is 0 Å². The molecule has 81 heavy (non-hydrogen) atoms. The number of nitrogens with one attached hydrogen (secondary N) is 4. The third-order valence-corrected chi connectivity index (χ3v) is 16.2. The number of anilines is 1. The summed E-state index contributed by atoms with van der Waals surface area (Å²) in [5.41, 5.74) is 13.7. The number of aromatic nitrogens is 7. The van der Waals surface area contributed by atoms with Gasteiger partial charge in [-0.15, -0.1) is 5.10 Å². The molecular weight excluding hydrogens is 1010 g/mol. The van der Waals surface area contributed by atoms with Crippen molar-refractivity contribution in [2.24, 2.45) is 0 Å². The van der Waals surface area contributed by atoms with Gasteiger partial charge in [-0.05, 0) is 109 Å². The molecule has 0 atom stereocenters. The van der Waals surface area contributed by atoms with E-state index in [-0.39, 0.29) is 29.2 Å². The molecule has 2 aliphatic heterocycles. The molecule has 4 N–H and O–H groups in total. The van der Waals surface area contributed by atoms with Crippen molar-refractivity contribution in [1.29, 1.82) is 0 Å². The van der Waals surface area contributed by atoms with E-state index in [4.69, 9.17) is 19.4 Å². The number of imidazole rings is 2. The molecule has 16 nitrogen and oxygen atoms in total. The van der Waals surface area contributed by atoms with Crippen molar-refractivity contribution in [2.45, 2.75) is 96.7 Å². The topological polar surface area (TPSA) is 188 Å². The molecule has 2 amide bonds. The van der Waals surface area contributed by atoms with Gasteiger partial charge in [-0.1, -0.05) is 101 Å². The van der Waals surface area contributed by atoms with Crippen molar-refractivity contribution in [3.8, 4) is 28.5 Å². The fraction of sp³-hybridized carbons (Fsp3) is 0.338. The smallest absolute Gasteiger partial charge is 0.340 e. The van der Waals surface area contributed by atoms with Gasteiger partial charge in [-0.2, -0.15) is 0 Å². The molecule has 16 heteroatoms. The van der Waals surface area contributed by atoms with Crippen molar-refractivity contribution in [3.05, 3.63) is 177 Å². The summed E-state index contributed by atoms with van der Waals surface area (Å²) < 4.78 is 14.8. The molecule has 414 valence electrons. The molecule has 3 aromatic heterocycles. The Hall–Kier alpha value is -8.63. The molecule has 1 aliphatic carbocycles. The van der Waals surface area contributed by atoms with Crippen LogP contribution >= 0.6 is 0 Å². The molecule has 12 rings (SSSR count). The standard InChI is InChI=1S/C65H69N11O5/c1-63(2,3)51-34-44(60-70-53-23-20-42(36-55(53)71-60)59-69-54-24-21-45(37-56(54)72-59)75-29-27-74(7)28-30-75)35-52(64(4,5)6)58(51)80-31-12-18-57(77)66-25-13-26-76-46(39-68-73-76)38-67-61(78)43-19-22-50-47(33-43)62(79)81-65(50)48-16-10-8-14-40(48)32-41-15-9-11-17-49(41)65/h8-11,14-17,19-24,33-37,39H,12-13,18,25-32,38H2,1-7H3,(H,66,77)(H,67,78)(H,69,72)(H,70,71). The van der Waals surface area contributed by atoms with Gasteiger partial charge in [0.1, 0.15) is 17.4 Å². The van der Waals surface area contributed by atoms with Crippen molar-refractivity contribution >= 4 is 45.5 Å². The van der Waals surface area contributed by atoms with E-state index in [9.17, 15) is 14.4 Å². The molecule has 0 unspecified atom stereocenters. The number of ether oxygens (including phenoxy) is 2. The number of hydrogen-bond acceptors (Lipinski definition) is 11. The van der Waals surface area contributed by atoms with Crippen LogP contribution in [0.5, 0.6) is 5.75 Å². The van der Waals surface area contributed by atoms with Crippen LogP contribution in [0.2, 0.25) is 0 Å². The quantitative estimate of drug-likeness (QED) is 0.0565. The molecule has 1 spiro atoms. The van der Waals surface area contributed by atoms with E-state index in [0.29, 0.717) is 55.8 Å². The van der Waals surface area contributed by atoms with Crippen LogP contribution in [-0.4, -0.2) is 104 Å². The largest absolute Gasteiger partial charge is 0.493 e. The van der Waals surface area contributed by atoms with Gasteiger partial charge in [0.2, 0.25) is 5.91 Å². The first kappa shape index (κ1) is 53.0. The third kappa shape index (κ3) is 10.3. The molecule has 5 heterocycles. The monoisotopic (exact) mass is 1080 g/mol. The Balaban J connectivity index is 0.643. The zero-order valence-electron chi connectivity index (χ0n) is 47.2. The predicted octanol–water partition coefficient (Wildman–Crippen LogP) is 10.4. The number of nitrogens with zero attached hydrogens (tertiary/aromatic N) is 7. The number of hydrogen-bond donors (Lipinski definition) is 4. The van der Waals surface area contributed by atoms with Crippen LogP contribution < -0.4 is 20.3 Å². The van der Waals surface area contributed by atoms with E-state index in [1.807, 2.05) is 42.5 Å². The summed E-state index contributed by atoms with van der Waals surface area (Å²) in [5.74, 6) is 1.58. The van der Waals surface area contributed by atoms with E-state index in [1.165, 1.54) is 5.69 Å². The van der Waals surface area contributed by atoms with Crippen LogP contribution in [0.3, 0.4) is 0 Å². The Kier molecular flexibility index (Phi) is 13.8. The minimum absolute atomic E-state index is 0.0584. The lowest BCUT2D eigenvalue weighted by Gasteiger charge is -2.37. The molecule has 6 aromatic carbocycles. The Labute approximate surface area is 471 Å². The Bertz CT molecular complexity index is 3810. The van der Waals surface area contributed by atoms with Crippen LogP contribution in [0.15, 0.2) is 121 Å². The Morgan fingerprint density at radius 1 is 0.716 bits per heavy atom. The van der Waals surface area contributed by atoms with E-state index < -0.39 is 11.6 Å². The predicted molar refractivity (Wildman–Crippen MR) is 315 cm³/mol. The van der Waals surface area contributed by atoms with Gasteiger partial charge in [-0.25, -0.2) is 19.4 Å². The summed E-state index contributed by atoms with van der Waals surface area (Å²) in [5, 5.41) is 14.4. The number of benzene rings is 6. The normalized spacial score (nSPS) is 15.0. The molecule has 0 bridgehead atoms. The minimum atomic E-state index is -1.08. The highest BCUT2D eigenvalue weighted by atomic mass is 16.6. The second-order valence-corrected chi connectivity index (χ2v) is 23.9. The maximum Gasteiger partial charge on any atom is 0.340 e. The second kappa shape index (κ2) is 21.1. The van der Waals surface area contributed by atoms with Gasteiger partial charge in [0, 0.05) is 95.9 Å². The lowest BCUT2D eigenvalue weighted by molar-refractivity contribution is -0.121. The summed E-state index contributed by atoms with van der Waals surface area (Å²) in [7, 11) is 2.17. The molecule has 1 saturated heterocycles. The first-order valence-electron chi connectivity index (χ1n) is 28.2. The second-order valence-electron chi connectivity index (χ2n) is 23.9.